The van der Waals surface area contributed by atoms with Crippen LogP contribution in [-0.4, -0.2) is 18.2 Å². The van der Waals surface area contributed by atoms with Gasteiger partial charge in [-0.05, 0) is 30.9 Å². The first-order valence-electron chi connectivity index (χ1n) is 4.79. The Hall–Kier alpha value is -0.710. The summed E-state index contributed by atoms with van der Waals surface area (Å²) in [5.74, 6) is -0.121. The van der Waals surface area contributed by atoms with Crippen molar-refractivity contribution < 1.29 is 4.79 Å². The Kier molecular flexibility index (Phi) is 7.21. The van der Waals surface area contributed by atoms with Crippen molar-refractivity contribution in [3.8, 4) is 0 Å². The van der Waals surface area contributed by atoms with Crippen molar-refractivity contribution in [2.75, 3.05) is 6.26 Å². The van der Waals surface area contributed by atoms with E-state index in [-0.39, 0.29) is 18.3 Å². The molecule has 0 fully saturated rings. The SMILES string of the molecule is CSc1ccc(CNC(=O)[C@H](C)N)cc1.Cl. The van der Waals surface area contributed by atoms with Crippen LogP contribution >= 0.6 is 24.2 Å². The smallest absolute Gasteiger partial charge is 0.236 e. The first kappa shape index (κ1) is 15.3. The lowest BCUT2D eigenvalue weighted by Crippen LogP contribution is -2.37. The molecular formula is C11H17ClN2OS. The molecule has 0 radical (unpaired) electrons. The minimum Gasteiger partial charge on any atom is -0.351 e. The van der Waals surface area contributed by atoms with E-state index in [1.807, 2.05) is 30.5 Å². The van der Waals surface area contributed by atoms with Gasteiger partial charge in [-0.3, -0.25) is 4.79 Å². The first-order chi connectivity index (χ1) is 7.13. The summed E-state index contributed by atoms with van der Waals surface area (Å²) in [5.41, 5.74) is 6.52. The van der Waals surface area contributed by atoms with E-state index in [0.717, 1.165) is 5.56 Å². The summed E-state index contributed by atoms with van der Waals surface area (Å²) in [6.45, 7) is 2.21. The predicted molar refractivity (Wildman–Crippen MR) is 71.0 cm³/mol. The summed E-state index contributed by atoms with van der Waals surface area (Å²) in [7, 11) is 0. The molecule has 3 nitrogen and oxygen atoms in total. The molecule has 0 aromatic heterocycles. The lowest BCUT2D eigenvalue weighted by Gasteiger charge is -2.07. The molecule has 16 heavy (non-hydrogen) atoms. The molecule has 1 aromatic rings. The molecule has 1 amide bonds. The van der Waals surface area contributed by atoms with Crippen LogP contribution in [0.5, 0.6) is 0 Å². The third-order valence-corrected chi connectivity index (χ3v) is 2.78. The van der Waals surface area contributed by atoms with Gasteiger partial charge >= 0.3 is 0 Å². The first-order valence-corrected chi connectivity index (χ1v) is 6.02. The molecule has 0 saturated carbocycles. The molecule has 0 saturated heterocycles. The average molecular weight is 261 g/mol. The molecule has 0 unspecified atom stereocenters. The van der Waals surface area contributed by atoms with E-state index in [1.54, 1.807) is 18.7 Å². The van der Waals surface area contributed by atoms with E-state index in [9.17, 15) is 4.79 Å². The van der Waals surface area contributed by atoms with Gasteiger partial charge in [0.1, 0.15) is 0 Å². The largest absolute Gasteiger partial charge is 0.351 e. The molecule has 0 aliphatic heterocycles. The van der Waals surface area contributed by atoms with Gasteiger partial charge in [0.25, 0.3) is 0 Å². The van der Waals surface area contributed by atoms with Crippen LogP contribution in [0.2, 0.25) is 0 Å². The van der Waals surface area contributed by atoms with Gasteiger partial charge in [0, 0.05) is 11.4 Å². The van der Waals surface area contributed by atoms with Gasteiger partial charge in [0.05, 0.1) is 6.04 Å². The normalized spacial score (nSPS) is 11.4. The topological polar surface area (TPSA) is 55.1 Å². The van der Waals surface area contributed by atoms with Crippen LogP contribution in [0.4, 0.5) is 0 Å². The third kappa shape index (κ3) is 4.88. The van der Waals surface area contributed by atoms with Gasteiger partial charge < -0.3 is 11.1 Å². The Morgan fingerprint density at radius 1 is 1.44 bits per heavy atom. The maximum Gasteiger partial charge on any atom is 0.236 e. The number of amides is 1. The van der Waals surface area contributed by atoms with E-state index in [4.69, 9.17) is 5.73 Å². The number of rotatable bonds is 4. The predicted octanol–water partition coefficient (Wildman–Crippen LogP) is 1.79. The Balaban J connectivity index is 0.00000225. The minimum atomic E-state index is -0.449. The van der Waals surface area contributed by atoms with Crippen LogP contribution in [0.25, 0.3) is 0 Å². The second-order valence-electron chi connectivity index (χ2n) is 3.35. The Morgan fingerprint density at radius 2 is 2.00 bits per heavy atom. The minimum absolute atomic E-state index is 0. The van der Waals surface area contributed by atoms with E-state index < -0.39 is 6.04 Å². The maximum atomic E-state index is 11.2. The van der Waals surface area contributed by atoms with Crippen molar-refractivity contribution in [1.82, 2.24) is 5.32 Å². The Bertz CT molecular complexity index is 327. The van der Waals surface area contributed by atoms with E-state index in [1.165, 1.54) is 4.90 Å². The molecule has 0 aliphatic rings. The van der Waals surface area contributed by atoms with Crippen LogP contribution in [0, 0.1) is 0 Å². The highest BCUT2D eigenvalue weighted by Crippen LogP contribution is 2.14. The fraction of sp³-hybridized carbons (Fsp3) is 0.364. The number of halogens is 1. The van der Waals surface area contributed by atoms with Gasteiger partial charge in [-0.15, -0.1) is 24.2 Å². The molecule has 3 N–H and O–H groups in total. The molecule has 0 heterocycles. The van der Waals surface area contributed by atoms with E-state index in [0.29, 0.717) is 6.54 Å². The molecule has 0 bridgehead atoms. The van der Waals surface area contributed by atoms with Crippen molar-refractivity contribution in [1.29, 1.82) is 0 Å². The second kappa shape index (κ2) is 7.54. The maximum absolute atomic E-state index is 11.2. The lowest BCUT2D eigenvalue weighted by atomic mass is 10.2. The zero-order chi connectivity index (χ0) is 11.3. The Morgan fingerprint density at radius 3 is 2.44 bits per heavy atom. The summed E-state index contributed by atoms with van der Waals surface area (Å²) in [6.07, 6.45) is 2.03. The number of carbonyl (C=O) groups excluding carboxylic acids is 1. The van der Waals surface area contributed by atoms with Crippen molar-refractivity contribution in [3.05, 3.63) is 29.8 Å². The van der Waals surface area contributed by atoms with E-state index in [2.05, 4.69) is 5.32 Å². The van der Waals surface area contributed by atoms with Gasteiger partial charge in [-0.1, -0.05) is 12.1 Å². The molecule has 1 rings (SSSR count). The monoisotopic (exact) mass is 260 g/mol. The van der Waals surface area contributed by atoms with Gasteiger partial charge in [0.15, 0.2) is 0 Å². The number of hydrogen-bond donors (Lipinski definition) is 2. The number of benzene rings is 1. The van der Waals surface area contributed by atoms with Crippen LogP contribution in [0.1, 0.15) is 12.5 Å². The van der Waals surface area contributed by atoms with Crippen molar-refractivity contribution in [2.24, 2.45) is 5.73 Å². The summed E-state index contributed by atoms with van der Waals surface area (Å²) in [6, 6.07) is 7.65. The molecule has 90 valence electrons. The second-order valence-corrected chi connectivity index (χ2v) is 4.23. The summed E-state index contributed by atoms with van der Waals surface area (Å²) < 4.78 is 0. The summed E-state index contributed by atoms with van der Waals surface area (Å²) in [5, 5.41) is 2.77. The van der Waals surface area contributed by atoms with Crippen LogP contribution in [-0.2, 0) is 11.3 Å². The zero-order valence-corrected chi connectivity index (χ0v) is 11.0. The fourth-order valence-electron chi connectivity index (χ4n) is 1.09. The average Bonchev–Trinajstić information content (AvgIpc) is 2.26. The summed E-state index contributed by atoms with van der Waals surface area (Å²) >= 11 is 1.70. The molecular weight excluding hydrogens is 244 g/mol. The molecule has 0 aliphatic carbocycles. The highest BCUT2D eigenvalue weighted by atomic mass is 35.5. The number of carbonyl (C=O) groups is 1. The molecule has 1 aromatic carbocycles. The molecule has 5 heteroatoms. The van der Waals surface area contributed by atoms with Crippen molar-refractivity contribution in [3.63, 3.8) is 0 Å². The fourth-order valence-corrected chi connectivity index (χ4v) is 1.50. The van der Waals surface area contributed by atoms with E-state index >= 15 is 0 Å². The standard InChI is InChI=1S/C11H16N2OS.ClH/c1-8(12)11(14)13-7-9-3-5-10(15-2)6-4-9;/h3-6,8H,7,12H2,1-2H3,(H,13,14);1H/t8-;/m0./s1. The molecule has 0 spiro atoms. The number of hydrogen-bond acceptors (Lipinski definition) is 3. The highest BCUT2D eigenvalue weighted by molar-refractivity contribution is 7.98. The zero-order valence-electron chi connectivity index (χ0n) is 9.40. The summed E-state index contributed by atoms with van der Waals surface area (Å²) in [4.78, 5) is 12.4. The van der Waals surface area contributed by atoms with Crippen LogP contribution in [0.3, 0.4) is 0 Å². The Labute approximate surface area is 107 Å². The van der Waals surface area contributed by atoms with Gasteiger partial charge in [-0.2, -0.15) is 0 Å². The van der Waals surface area contributed by atoms with Crippen LogP contribution < -0.4 is 11.1 Å². The van der Waals surface area contributed by atoms with Crippen molar-refractivity contribution in [2.45, 2.75) is 24.4 Å². The number of thioether (sulfide) groups is 1. The van der Waals surface area contributed by atoms with Crippen LogP contribution in [0.15, 0.2) is 29.2 Å². The van der Waals surface area contributed by atoms with Gasteiger partial charge in [-0.25, -0.2) is 0 Å². The highest BCUT2D eigenvalue weighted by Gasteiger charge is 2.05. The number of nitrogens with one attached hydrogen (secondary N) is 1. The van der Waals surface area contributed by atoms with Gasteiger partial charge in [0.2, 0.25) is 5.91 Å². The number of nitrogens with two attached hydrogens (primary N) is 1. The molecule has 1 atom stereocenters. The quantitative estimate of drug-likeness (QED) is 0.812. The lowest BCUT2D eigenvalue weighted by molar-refractivity contribution is -0.122. The van der Waals surface area contributed by atoms with Crippen molar-refractivity contribution >= 4 is 30.1 Å². The third-order valence-electron chi connectivity index (χ3n) is 2.04.